The maximum absolute atomic E-state index is 13.7. The highest BCUT2D eigenvalue weighted by atomic mass is 32.1. The average Bonchev–Trinajstić information content (AvgIpc) is 3.05. The predicted molar refractivity (Wildman–Crippen MR) is 91.6 cm³/mol. The van der Waals surface area contributed by atoms with E-state index in [0.29, 0.717) is 30.8 Å². The Labute approximate surface area is 145 Å². The Morgan fingerprint density at radius 3 is 2.79 bits per heavy atom. The van der Waals surface area contributed by atoms with Crippen LogP contribution in [0, 0.1) is 11.7 Å². The molecule has 0 bridgehead atoms. The summed E-state index contributed by atoms with van der Waals surface area (Å²) < 4.78 is 13.7. The van der Waals surface area contributed by atoms with Crippen molar-refractivity contribution in [1.29, 1.82) is 0 Å². The van der Waals surface area contributed by atoms with E-state index in [1.54, 1.807) is 35.4 Å². The van der Waals surface area contributed by atoms with Gasteiger partial charge in [0.2, 0.25) is 0 Å². The smallest absolute Gasteiger partial charge is 0.273 e. The van der Waals surface area contributed by atoms with Crippen LogP contribution in [0.5, 0.6) is 0 Å². The van der Waals surface area contributed by atoms with Crippen LogP contribution in [-0.4, -0.2) is 40.1 Å². The SMILES string of the molecule is CC(O)C1CCN(C(=O)c2csc(Cc3ccccc3F)n2)CC1. The van der Waals surface area contributed by atoms with Crippen LogP contribution in [0.25, 0.3) is 0 Å². The van der Waals surface area contributed by atoms with E-state index in [1.165, 1.54) is 17.4 Å². The van der Waals surface area contributed by atoms with Gasteiger partial charge >= 0.3 is 0 Å². The van der Waals surface area contributed by atoms with Gasteiger partial charge in [-0.25, -0.2) is 9.37 Å². The van der Waals surface area contributed by atoms with Crippen molar-refractivity contribution in [2.24, 2.45) is 5.92 Å². The number of benzene rings is 1. The first kappa shape index (κ1) is 17.0. The number of aliphatic hydroxyl groups is 1. The normalized spacial score (nSPS) is 17.0. The molecule has 24 heavy (non-hydrogen) atoms. The first-order valence-corrected chi connectivity index (χ1v) is 9.07. The summed E-state index contributed by atoms with van der Waals surface area (Å²) in [6.45, 7) is 3.10. The lowest BCUT2D eigenvalue weighted by molar-refractivity contribution is 0.0517. The van der Waals surface area contributed by atoms with E-state index in [2.05, 4.69) is 4.98 Å². The topological polar surface area (TPSA) is 53.4 Å². The van der Waals surface area contributed by atoms with Crippen LogP contribution in [-0.2, 0) is 6.42 Å². The first-order chi connectivity index (χ1) is 11.5. The number of piperidine rings is 1. The number of hydrogen-bond donors (Lipinski definition) is 1. The van der Waals surface area contributed by atoms with Gasteiger partial charge < -0.3 is 10.0 Å². The van der Waals surface area contributed by atoms with Gasteiger partial charge in [-0.15, -0.1) is 11.3 Å². The number of rotatable bonds is 4. The van der Waals surface area contributed by atoms with Gasteiger partial charge in [-0.3, -0.25) is 4.79 Å². The van der Waals surface area contributed by atoms with Crippen molar-refractivity contribution >= 4 is 17.2 Å². The highest BCUT2D eigenvalue weighted by Crippen LogP contribution is 2.23. The van der Waals surface area contributed by atoms with E-state index in [1.807, 2.05) is 0 Å². The minimum atomic E-state index is -0.325. The van der Waals surface area contributed by atoms with E-state index in [4.69, 9.17) is 0 Å². The molecule has 6 heteroatoms. The fourth-order valence-electron chi connectivity index (χ4n) is 3.04. The highest BCUT2D eigenvalue weighted by Gasteiger charge is 2.27. The van der Waals surface area contributed by atoms with E-state index < -0.39 is 0 Å². The second-order valence-corrected chi connectivity index (χ2v) is 7.21. The predicted octanol–water partition coefficient (Wildman–Crippen LogP) is 3.11. The minimum Gasteiger partial charge on any atom is -0.393 e. The van der Waals surface area contributed by atoms with Crippen LogP contribution in [0.1, 0.15) is 40.8 Å². The third-order valence-corrected chi connectivity index (χ3v) is 5.43. The third-order valence-electron chi connectivity index (χ3n) is 4.58. The molecule has 2 aromatic rings. The second kappa shape index (κ2) is 7.40. The molecule has 1 aromatic carbocycles. The number of nitrogens with zero attached hydrogens (tertiary/aromatic N) is 2. The van der Waals surface area contributed by atoms with Crippen molar-refractivity contribution < 1.29 is 14.3 Å². The summed E-state index contributed by atoms with van der Waals surface area (Å²) in [4.78, 5) is 18.7. The van der Waals surface area contributed by atoms with Gasteiger partial charge in [0.05, 0.1) is 11.1 Å². The fraction of sp³-hybridized carbons (Fsp3) is 0.444. The Hall–Kier alpha value is -1.79. The van der Waals surface area contributed by atoms with Gasteiger partial charge in [0, 0.05) is 24.9 Å². The van der Waals surface area contributed by atoms with Crippen LogP contribution in [0.15, 0.2) is 29.6 Å². The monoisotopic (exact) mass is 348 g/mol. The number of likely N-dealkylation sites (tertiary alicyclic amines) is 1. The maximum atomic E-state index is 13.7. The summed E-state index contributed by atoms with van der Waals surface area (Å²) in [5.41, 5.74) is 1.02. The molecule has 1 saturated heterocycles. The molecule has 1 atom stereocenters. The summed E-state index contributed by atoms with van der Waals surface area (Å²) in [6.07, 6.45) is 1.70. The van der Waals surface area contributed by atoms with Gasteiger partial charge in [0.1, 0.15) is 11.5 Å². The van der Waals surface area contributed by atoms with Crippen molar-refractivity contribution in [3.8, 4) is 0 Å². The molecule has 4 nitrogen and oxygen atoms in total. The van der Waals surface area contributed by atoms with Crippen LogP contribution in [0.4, 0.5) is 4.39 Å². The zero-order valence-electron chi connectivity index (χ0n) is 13.6. The molecule has 0 saturated carbocycles. The van der Waals surface area contributed by atoms with Gasteiger partial charge in [0.15, 0.2) is 0 Å². The highest BCUT2D eigenvalue weighted by molar-refractivity contribution is 7.09. The zero-order valence-corrected chi connectivity index (χ0v) is 14.4. The lowest BCUT2D eigenvalue weighted by Gasteiger charge is -2.32. The molecule has 0 spiro atoms. The average molecular weight is 348 g/mol. The summed E-state index contributed by atoms with van der Waals surface area (Å²) in [6, 6.07) is 6.62. The number of halogens is 1. The largest absolute Gasteiger partial charge is 0.393 e. The van der Waals surface area contributed by atoms with Gasteiger partial charge in [-0.2, -0.15) is 0 Å². The second-order valence-electron chi connectivity index (χ2n) is 6.26. The molecule has 3 rings (SSSR count). The van der Waals surface area contributed by atoms with Gasteiger partial charge in [-0.1, -0.05) is 18.2 Å². The summed E-state index contributed by atoms with van der Waals surface area (Å²) in [5.74, 6) is -0.0584. The summed E-state index contributed by atoms with van der Waals surface area (Å²) in [5, 5.41) is 12.1. The molecule has 1 fully saturated rings. The molecular weight excluding hydrogens is 327 g/mol. The first-order valence-electron chi connectivity index (χ1n) is 8.19. The molecule has 1 aliphatic rings. The van der Waals surface area contributed by atoms with E-state index in [0.717, 1.165) is 17.8 Å². The van der Waals surface area contributed by atoms with Crippen LogP contribution in [0.2, 0.25) is 0 Å². The number of carbonyl (C=O) groups is 1. The third kappa shape index (κ3) is 3.82. The van der Waals surface area contributed by atoms with E-state index >= 15 is 0 Å². The molecule has 2 heterocycles. The number of hydrogen-bond acceptors (Lipinski definition) is 4. The lowest BCUT2D eigenvalue weighted by atomic mass is 9.92. The fourth-order valence-corrected chi connectivity index (χ4v) is 3.83. The Bertz CT molecular complexity index is 709. The summed E-state index contributed by atoms with van der Waals surface area (Å²) in [7, 11) is 0. The standard InChI is InChI=1S/C18H21FN2O2S/c1-12(22)13-6-8-21(9-7-13)18(23)16-11-24-17(20-16)10-14-4-2-3-5-15(14)19/h2-5,11-13,22H,6-10H2,1H3. The van der Waals surface area contributed by atoms with Crippen LogP contribution >= 0.6 is 11.3 Å². The molecule has 1 amide bonds. The van der Waals surface area contributed by atoms with Crippen molar-refractivity contribution in [3.05, 3.63) is 51.7 Å². The van der Waals surface area contributed by atoms with Gasteiger partial charge in [0.25, 0.3) is 5.91 Å². The maximum Gasteiger partial charge on any atom is 0.273 e. The van der Waals surface area contributed by atoms with Gasteiger partial charge in [-0.05, 0) is 37.3 Å². The number of amides is 1. The number of thiazole rings is 1. The van der Waals surface area contributed by atoms with Crippen molar-refractivity contribution in [3.63, 3.8) is 0 Å². The molecule has 0 radical (unpaired) electrons. The van der Waals surface area contributed by atoms with E-state index in [9.17, 15) is 14.3 Å². The molecule has 1 aliphatic heterocycles. The molecule has 1 aromatic heterocycles. The molecule has 128 valence electrons. The molecular formula is C18H21FN2O2S. The van der Waals surface area contributed by atoms with Crippen molar-refractivity contribution in [1.82, 2.24) is 9.88 Å². The van der Waals surface area contributed by atoms with Crippen LogP contribution < -0.4 is 0 Å². The Morgan fingerprint density at radius 1 is 1.42 bits per heavy atom. The molecule has 1 N–H and O–H groups in total. The summed E-state index contributed by atoms with van der Waals surface area (Å²) >= 11 is 1.39. The Kier molecular flexibility index (Phi) is 5.26. The quantitative estimate of drug-likeness (QED) is 0.924. The molecule has 0 aliphatic carbocycles. The van der Waals surface area contributed by atoms with Crippen molar-refractivity contribution in [2.45, 2.75) is 32.3 Å². The van der Waals surface area contributed by atoms with E-state index in [-0.39, 0.29) is 23.7 Å². The lowest BCUT2D eigenvalue weighted by Crippen LogP contribution is -2.40. The Morgan fingerprint density at radius 2 is 2.12 bits per heavy atom. The number of aliphatic hydroxyl groups excluding tert-OH is 1. The van der Waals surface area contributed by atoms with Crippen molar-refractivity contribution in [2.75, 3.05) is 13.1 Å². The number of carbonyl (C=O) groups excluding carboxylic acids is 1. The number of aromatic nitrogens is 1. The zero-order chi connectivity index (χ0) is 17.1. The Balaban J connectivity index is 1.63. The van der Waals surface area contributed by atoms with Crippen LogP contribution in [0.3, 0.4) is 0 Å². The minimum absolute atomic E-state index is 0.0740. The molecule has 1 unspecified atom stereocenters.